The van der Waals surface area contributed by atoms with Gasteiger partial charge in [0.2, 0.25) is 5.56 Å². The van der Waals surface area contributed by atoms with E-state index in [1.807, 2.05) is 4.90 Å². The molecular formula is C23H22FN3O4. The van der Waals surface area contributed by atoms with Crippen molar-refractivity contribution >= 4 is 17.3 Å². The molecule has 1 atom stereocenters. The molecule has 0 radical (unpaired) electrons. The number of aliphatic hydroxyl groups excluding tert-OH is 1. The van der Waals surface area contributed by atoms with Crippen LogP contribution < -0.4 is 20.5 Å². The molecule has 0 bridgehead atoms. The average Bonchev–Trinajstić information content (AvgIpc) is 3.16. The van der Waals surface area contributed by atoms with Crippen LogP contribution in [0, 0.1) is 12.7 Å². The summed E-state index contributed by atoms with van der Waals surface area (Å²) >= 11 is 0. The van der Waals surface area contributed by atoms with E-state index in [-0.39, 0.29) is 22.7 Å². The third kappa shape index (κ3) is 4.59. The maximum absolute atomic E-state index is 13.5. The number of anilines is 2. The van der Waals surface area contributed by atoms with E-state index in [1.54, 1.807) is 31.2 Å². The van der Waals surface area contributed by atoms with Crippen LogP contribution in [0.4, 0.5) is 15.8 Å². The second-order valence-electron chi connectivity index (χ2n) is 7.40. The maximum atomic E-state index is 13.5. The van der Waals surface area contributed by atoms with Crippen molar-refractivity contribution in [2.24, 2.45) is 0 Å². The number of nitrogens with zero attached hydrogens (tertiary/aromatic N) is 1. The van der Waals surface area contributed by atoms with Gasteiger partial charge in [-0.1, -0.05) is 0 Å². The summed E-state index contributed by atoms with van der Waals surface area (Å²) in [5, 5.41) is 12.9. The Morgan fingerprint density at radius 3 is 2.74 bits per heavy atom. The average molecular weight is 423 g/mol. The Balaban J connectivity index is 1.70. The summed E-state index contributed by atoms with van der Waals surface area (Å²) in [4.78, 5) is 28.8. The lowest BCUT2D eigenvalue weighted by atomic mass is 10.1. The fourth-order valence-electron chi connectivity index (χ4n) is 3.58. The molecule has 2 heterocycles. The number of aromatic nitrogens is 1. The van der Waals surface area contributed by atoms with Crippen molar-refractivity contribution in [1.82, 2.24) is 4.98 Å². The second-order valence-corrected chi connectivity index (χ2v) is 7.40. The van der Waals surface area contributed by atoms with Crippen LogP contribution in [0.2, 0.25) is 0 Å². The van der Waals surface area contributed by atoms with Crippen LogP contribution in [0.3, 0.4) is 0 Å². The number of amides is 1. The molecule has 0 spiro atoms. The van der Waals surface area contributed by atoms with Gasteiger partial charge >= 0.3 is 0 Å². The zero-order valence-electron chi connectivity index (χ0n) is 16.9. The Bertz CT molecular complexity index is 1180. The van der Waals surface area contributed by atoms with Gasteiger partial charge in [0, 0.05) is 36.2 Å². The Labute approximate surface area is 178 Å². The molecule has 1 fully saturated rings. The quantitative estimate of drug-likeness (QED) is 0.581. The largest absolute Gasteiger partial charge is 0.456 e. The topological polar surface area (TPSA) is 94.7 Å². The Morgan fingerprint density at radius 2 is 2.03 bits per heavy atom. The van der Waals surface area contributed by atoms with Gasteiger partial charge in [-0.3, -0.25) is 9.59 Å². The molecule has 2 aromatic carbocycles. The summed E-state index contributed by atoms with van der Waals surface area (Å²) in [6, 6.07) is 12.0. The van der Waals surface area contributed by atoms with Crippen molar-refractivity contribution in [3.8, 4) is 11.5 Å². The van der Waals surface area contributed by atoms with Gasteiger partial charge in [0.1, 0.15) is 23.5 Å². The Hall–Kier alpha value is -3.65. The molecule has 1 aliphatic rings. The van der Waals surface area contributed by atoms with Crippen LogP contribution in [-0.4, -0.2) is 28.8 Å². The van der Waals surface area contributed by atoms with E-state index in [2.05, 4.69) is 10.3 Å². The van der Waals surface area contributed by atoms with Gasteiger partial charge in [0.05, 0.1) is 5.56 Å². The Kier molecular flexibility index (Phi) is 5.73. The predicted octanol–water partition coefficient (Wildman–Crippen LogP) is 3.79. The molecule has 1 saturated heterocycles. The highest BCUT2D eigenvalue weighted by Gasteiger charge is 2.24. The SMILES string of the molecule is Cc1cc(F)ccc1Oc1cc(N2CCCC2O)ccc1C(=O)Nc1cc[nH]c(=O)c1. The van der Waals surface area contributed by atoms with E-state index in [0.29, 0.717) is 35.7 Å². The van der Waals surface area contributed by atoms with Crippen molar-refractivity contribution in [3.05, 3.63) is 82.0 Å². The second kappa shape index (κ2) is 8.61. The first-order valence-corrected chi connectivity index (χ1v) is 9.93. The number of nitrogens with one attached hydrogen (secondary N) is 2. The highest BCUT2D eigenvalue weighted by Crippen LogP contribution is 2.34. The number of carbonyl (C=O) groups excluding carboxylic acids is 1. The molecule has 3 aromatic rings. The van der Waals surface area contributed by atoms with Gasteiger partial charge in [0.25, 0.3) is 5.91 Å². The smallest absolute Gasteiger partial charge is 0.259 e. The molecule has 3 N–H and O–H groups in total. The fraction of sp³-hybridized carbons (Fsp3) is 0.217. The number of aromatic amines is 1. The van der Waals surface area contributed by atoms with Gasteiger partial charge in [0.15, 0.2) is 0 Å². The first kappa shape index (κ1) is 20.6. The zero-order valence-corrected chi connectivity index (χ0v) is 16.9. The number of ether oxygens (including phenoxy) is 1. The summed E-state index contributed by atoms with van der Waals surface area (Å²) in [5.41, 5.74) is 1.53. The van der Waals surface area contributed by atoms with E-state index in [9.17, 15) is 19.1 Å². The minimum absolute atomic E-state index is 0.237. The number of aliphatic hydroxyl groups is 1. The zero-order chi connectivity index (χ0) is 22.0. The first-order valence-electron chi connectivity index (χ1n) is 9.93. The predicted molar refractivity (Wildman–Crippen MR) is 115 cm³/mol. The number of benzene rings is 2. The molecule has 160 valence electrons. The molecule has 7 nitrogen and oxygen atoms in total. The van der Waals surface area contributed by atoms with Gasteiger partial charge < -0.3 is 25.0 Å². The minimum Gasteiger partial charge on any atom is -0.456 e. The number of hydrogen-bond donors (Lipinski definition) is 3. The van der Waals surface area contributed by atoms with Gasteiger partial charge in [-0.25, -0.2) is 4.39 Å². The fourth-order valence-corrected chi connectivity index (χ4v) is 3.58. The van der Waals surface area contributed by atoms with Crippen molar-refractivity contribution in [2.75, 3.05) is 16.8 Å². The van der Waals surface area contributed by atoms with E-state index >= 15 is 0 Å². The lowest BCUT2D eigenvalue weighted by Crippen LogP contribution is -2.28. The first-order chi connectivity index (χ1) is 14.9. The number of pyridine rings is 1. The van der Waals surface area contributed by atoms with Crippen LogP contribution in [0.25, 0.3) is 0 Å². The van der Waals surface area contributed by atoms with Crippen LogP contribution in [0.15, 0.2) is 59.5 Å². The van der Waals surface area contributed by atoms with Crippen LogP contribution >= 0.6 is 0 Å². The number of carbonyl (C=O) groups is 1. The van der Waals surface area contributed by atoms with E-state index in [0.717, 1.165) is 6.42 Å². The lowest BCUT2D eigenvalue weighted by molar-refractivity contribution is 0.102. The number of hydrogen-bond acceptors (Lipinski definition) is 5. The van der Waals surface area contributed by atoms with Crippen molar-refractivity contribution in [1.29, 1.82) is 0 Å². The lowest BCUT2D eigenvalue weighted by Gasteiger charge is -2.24. The molecule has 8 heteroatoms. The normalized spacial score (nSPS) is 15.7. The van der Waals surface area contributed by atoms with E-state index < -0.39 is 12.1 Å². The third-order valence-electron chi connectivity index (χ3n) is 5.15. The van der Waals surface area contributed by atoms with Crippen molar-refractivity contribution < 1.29 is 19.0 Å². The molecule has 1 aromatic heterocycles. The molecule has 0 saturated carbocycles. The summed E-state index contributed by atoms with van der Waals surface area (Å²) in [7, 11) is 0. The highest BCUT2D eigenvalue weighted by atomic mass is 19.1. The molecule has 31 heavy (non-hydrogen) atoms. The monoisotopic (exact) mass is 423 g/mol. The van der Waals surface area contributed by atoms with Crippen LogP contribution in [0.5, 0.6) is 11.5 Å². The highest BCUT2D eigenvalue weighted by molar-refractivity contribution is 6.06. The van der Waals surface area contributed by atoms with E-state index in [1.165, 1.54) is 30.5 Å². The Morgan fingerprint density at radius 1 is 1.19 bits per heavy atom. The van der Waals surface area contributed by atoms with Crippen molar-refractivity contribution in [2.45, 2.75) is 26.0 Å². The summed E-state index contributed by atoms with van der Waals surface area (Å²) in [6.45, 7) is 2.40. The van der Waals surface area contributed by atoms with Crippen LogP contribution in [0.1, 0.15) is 28.8 Å². The molecular weight excluding hydrogens is 401 g/mol. The minimum atomic E-state index is -0.601. The summed E-state index contributed by atoms with van der Waals surface area (Å²) in [6.07, 6.45) is 2.36. The van der Waals surface area contributed by atoms with Gasteiger partial charge in [-0.2, -0.15) is 0 Å². The van der Waals surface area contributed by atoms with Crippen LogP contribution in [-0.2, 0) is 0 Å². The van der Waals surface area contributed by atoms with Crippen molar-refractivity contribution in [3.63, 3.8) is 0 Å². The summed E-state index contributed by atoms with van der Waals surface area (Å²) < 4.78 is 19.5. The number of H-pyrrole nitrogens is 1. The summed E-state index contributed by atoms with van der Waals surface area (Å²) in [5.74, 6) is -0.181. The molecule has 4 rings (SSSR count). The van der Waals surface area contributed by atoms with Gasteiger partial charge in [-0.05, 0) is 61.7 Å². The molecule has 1 aliphatic heterocycles. The van der Waals surface area contributed by atoms with Gasteiger partial charge in [-0.15, -0.1) is 0 Å². The third-order valence-corrected chi connectivity index (χ3v) is 5.15. The number of aryl methyl sites for hydroxylation is 1. The van der Waals surface area contributed by atoms with E-state index in [4.69, 9.17) is 4.74 Å². The number of halogens is 1. The number of rotatable bonds is 5. The molecule has 1 unspecified atom stereocenters. The standard InChI is InChI=1S/C23H22FN3O4/c1-14-11-15(24)4-7-19(14)31-20-13-17(27-10-2-3-22(27)29)5-6-18(20)23(30)26-16-8-9-25-21(28)12-16/h4-9,11-13,22,29H,2-3,10H2,1H3,(H2,25,26,28,30). The molecule has 0 aliphatic carbocycles. The maximum Gasteiger partial charge on any atom is 0.259 e. The molecule has 1 amide bonds.